The first-order chi connectivity index (χ1) is 14.6. The summed E-state index contributed by atoms with van der Waals surface area (Å²) in [6, 6.07) is 14.3. The van der Waals surface area contributed by atoms with E-state index < -0.39 is 0 Å². The molecular formula is C21H21N3O4S2. The molecule has 3 aromatic rings. The number of anilines is 2. The Kier molecular flexibility index (Phi) is 7.69. The lowest BCUT2D eigenvalue weighted by molar-refractivity contribution is -0.116. The maximum atomic E-state index is 12.2. The highest BCUT2D eigenvalue weighted by Crippen LogP contribution is 2.24. The van der Waals surface area contributed by atoms with E-state index in [9.17, 15) is 9.59 Å². The fourth-order valence-electron chi connectivity index (χ4n) is 2.51. The molecule has 0 saturated heterocycles. The Hall–Kier alpha value is -3.04. The minimum absolute atomic E-state index is 0.137. The molecule has 2 amide bonds. The van der Waals surface area contributed by atoms with E-state index >= 15 is 0 Å². The van der Waals surface area contributed by atoms with Crippen molar-refractivity contribution in [1.29, 1.82) is 0 Å². The average molecular weight is 444 g/mol. The summed E-state index contributed by atoms with van der Waals surface area (Å²) < 4.78 is 11.0. The van der Waals surface area contributed by atoms with Crippen LogP contribution in [-0.4, -0.2) is 36.8 Å². The van der Waals surface area contributed by atoms with E-state index in [-0.39, 0.29) is 24.0 Å². The number of carbonyl (C=O) groups is 2. The van der Waals surface area contributed by atoms with Gasteiger partial charge in [0.05, 0.1) is 32.1 Å². The van der Waals surface area contributed by atoms with Gasteiger partial charge in [0.25, 0.3) is 0 Å². The smallest absolute Gasteiger partial charge is 0.234 e. The molecule has 0 radical (unpaired) electrons. The Morgan fingerprint density at radius 1 is 0.967 bits per heavy atom. The van der Waals surface area contributed by atoms with E-state index in [0.717, 1.165) is 10.1 Å². The normalized spacial score (nSPS) is 10.3. The zero-order valence-electron chi connectivity index (χ0n) is 16.5. The minimum atomic E-state index is -0.155. The summed E-state index contributed by atoms with van der Waals surface area (Å²) in [6.07, 6.45) is 0.166. The van der Waals surface area contributed by atoms with Gasteiger partial charge < -0.3 is 20.1 Å². The Labute approximate surface area is 182 Å². The molecule has 0 unspecified atom stereocenters. The summed E-state index contributed by atoms with van der Waals surface area (Å²) in [7, 11) is 3.17. The van der Waals surface area contributed by atoms with Gasteiger partial charge in [-0.25, -0.2) is 4.98 Å². The second kappa shape index (κ2) is 10.7. The van der Waals surface area contributed by atoms with Crippen LogP contribution in [0.2, 0.25) is 0 Å². The molecule has 2 N–H and O–H groups in total. The van der Waals surface area contributed by atoms with Gasteiger partial charge in [-0.3, -0.25) is 9.59 Å². The molecule has 2 aromatic carbocycles. The molecule has 1 aromatic heterocycles. The van der Waals surface area contributed by atoms with E-state index in [1.165, 1.54) is 23.1 Å². The van der Waals surface area contributed by atoms with Gasteiger partial charge in [0.1, 0.15) is 11.5 Å². The molecule has 0 aliphatic rings. The van der Waals surface area contributed by atoms with Gasteiger partial charge in [-0.05, 0) is 36.4 Å². The lowest BCUT2D eigenvalue weighted by atomic mass is 10.2. The highest BCUT2D eigenvalue weighted by atomic mass is 32.2. The van der Waals surface area contributed by atoms with Crippen LogP contribution in [0.1, 0.15) is 5.69 Å². The molecule has 7 nitrogen and oxygen atoms in total. The van der Waals surface area contributed by atoms with E-state index in [0.29, 0.717) is 22.8 Å². The van der Waals surface area contributed by atoms with Crippen LogP contribution in [-0.2, 0) is 16.0 Å². The van der Waals surface area contributed by atoms with Crippen LogP contribution < -0.4 is 20.1 Å². The minimum Gasteiger partial charge on any atom is -0.497 e. The Morgan fingerprint density at radius 3 is 2.43 bits per heavy atom. The number of ether oxygens (including phenoxy) is 2. The number of amides is 2. The monoisotopic (exact) mass is 443 g/mol. The third-order valence-corrected chi connectivity index (χ3v) is 6.00. The van der Waals surface area contributed by atoms with E-state index in [1.807, 2.05) is 17.5 Å². The van der Waals surface area contributed by atoms with Crippen molar-refractivity contribution in [2.24, 2.45) is 0 Å². The van der Waals surface area contributed by atoms with Crippen LogP contribution in [0.15, 0.2) is 58.3 Å². The number of thioether (sulfide) groups is 1. The predicted octanol–water partition coefficient (Wildman–Crippen LogP) is 4.07. The van der Waals surface area contributed by atoms with Crippen LogP contribution in [0, 0.1) is 0 Å². The molecule has 9 heteroatoms. The number of nitrogens with zero attached hydrogens (tertiary/aromatic N) is 1. The first-order valence-corrected chi connectivity index (χ1v) is 10.9. The highest BCUT2D eigenvalue weighted by Gasteiger charge is 2.11. The maximum absolute atomic E-state index is 12.2. The van der Waals surface area contributed by atoms with Gasteiger partial charge in [0, 0.05) is 22.8 Å². The molecule has 0 atom stereocenters. The zero-order chi connectivity index (χ0) is 21.3. The summed E-state index contributed by atoms with van der Waals surface area (Å²) in [5.41, 5.74) is 2.04. The molecule has 0 aliphatic heterocycles. The number of aromatic nitrogens is 1. The van der Waals surface area contributed by atoms with Gasteiger partial charge in [-0.15, -0.1) is 11.3 Å². The fraction of sp³-hybridized carbons (Fsp3) is 0.190. The Bertz CT molecular complexity index is 1010. The third kappa shape index (κ3) is 6.50. The lowest BCUT2D eigenvalue weighted by Crippen LogP contribution is -2.14. The van der Waals surface area contributed by atoms with Gasteiger partial charge in [0.2, 0.25) is 11.8 Å². The average Bonchev–Trinajstić information content (AvgIpc) is 3.20. The molecule has 1 heterocycles. The molecule has 156 valence electrons. The highest BCUT2D eigenvalue weighted by molar-refractivity contribution is 8.01. The molecule has 0 saturated carbocycles. The number of nitrogens with one attached hydrogen (secondary N) is 2. The van der Waals surface area contributed by atoms with Crippen molar-refractivity contribution in [2.45, 2.75) is 10.8 Å². The number of methoxy groups -OCH3 is 2. The van der Waals surface area contributed by atoms with E-state index in [1.54, 1.807) is 50.6 Å². The molecule has 0 fully saturated rings. The zero-order valence-corrected chi connectivity index (χ0v) is 18.1. The van der Waals surface area contributed by atoms with Crippen LogP contribution >= 0.6 is 23.1 Å². The Balaban J connectivity index is 1.45. The fourth-order valence-corrected chi connectivity index (χ4v) is 4.15. The number of hydrogen-bond donors (Lipinski definition) is 2. The van der Waals surface area contributed by atoms with Crippen molar-refractivity contribution in [3.63, 3.8) is 0 Å². The number of rotatable bonds is 9. The second-order valence-corrected chi connectivity index (χ2v) is 8.21. The maximum Gasteiger partial charge on any atom is 0.234 e. The van der Waals surface area contributed by atoms with Gasteiger partial charge >= 0.3 is 0 Å². The number of carbonyl (C=O) groups excluding carboxylic acids is 2. The first kappa shape index (κ1) is 21.7. The first-order valence-electron chi connectivity index (χ1n) is 9.00. The van der Waals surface area contributed by atoms with Crippen LogP contribution in [0.5, 0.6) is 11.5 Å². The standard InChI is InChI=1S/C21H21N3O4S2/c1-27-17-8-6-14(7-9-17)22-19(25)11-16-12-29-21(24-16)30-13-20(26)23-15-4-3-5-18(10-15)28-2/h3-10,12H,11,13H2,1-2H3,(H,22,25)(H,23,26). The lowest BCUT2D eigenvalue weighted by Gasteiger charge is -2.06. The van der Waals surface area contributed by atoms with Crippen molar-refractivity contribution in [3.8, 4) is 11.5 Å². The van der Waals surface area contributed by atoms with Crippen molar-refractivity contribution in [1.82, 2.24) is 4.98 Å². The second-order valence-electron chi connectivity index (χ2n) is 6.13. The molecule has 0 spiro atoms. The van der Waals surface area contributed by atoms with E-state index in [2.05, 4.69) is 15.6 Å². The van der Waals surface area contributed by atoms with Crippen molar-refractivity contribution in [2.75, 3.05) is 30.6 Å². The van der Waals surface area contributed by atoms with Crippen molar-refractivity contribution >= 4 is 46.3 Å². The van der Waals surface area contributed by atoms with Crippen LogP contribution in [0.4, 0.5) is 11.4 Å². The summed E-state index contributed by atoms with van der Waals surface area (Å²) in [4.78, 5) is 28.8. The van der Waals surface area contributed by atoms with Crippen LogP contribution in [0.25, 0.3) is 0 Å². The molecular weight excluding hydrogens is 422 g/mol. The Morgan fingerprint density at radius 2 is 1.70 bits per heavy atom. The number of hydrogen-bond acceptors (Lipinski definition) is 7. The quantitative estimate of drug-likeness (QED) is 0.485. The number of thiazole rings is 1. The largest absolute Gasteiger partial charge is 0.497 e. The molecule has 30 heavy (non-hydrogen) atoms. The third-order valence-electron chi connectivity index (χ3n) is 3.93. The summed E-state index contributed by atoms with van der Waals surface area (Å²) in [5, 5.41) is 7.48. The molecule has 3 rings (SSSR count). The van der Waals surface area contributed by atoms with Gasteiger partial charge in [-0.1, -0.05) is 17.8 Å². The van der Waals surface area contributed by atoms with Gasteiger partial charge in [-0.2, -0.15) is 0 Å². The van der Waals surface area contributed by atoms with Crippen LogP contribution in [0.3, 0.4) is 0 Å². The predicted molar refractivity (Wildman–Crippen MR) is 120 cm³/mol. The SMILES string of the molecule is COc1ccc(NC(=O)Cc2csc(SCC(=O)Nc3cccc(OC)c3)n2)cc1. The molecule has 0 aliphatic carbocycles. The van der Waals surface area contributed by atoms with Crippen molar-refractivity contribution < 1.29 is 19.1 Å². The topological polar surface area (TPSA) is 89.5 Å². The summed E-state index contributed by atoms with van der Waals surface area (Å²) >= 11 is 2.74. The number of benzene rings is 2. The summed E-state index contributed by atoms with van der Waals surface area (Å²) in [6.45, 7) is 0. The van der Waals surface area contributed by atoms with Crippen molar-refractivity contribution in [3.05, 3.63) is 59.6 Å². The van der Waals surface area contributed by atoms with E-state index in [4.69, 9.17) is 9.47 Å². The van der Waals surface area contributed by atoms with Gasteiger partial charge in [0.15, 0.2) is 4.34 Å². The molecule has 0 bridgehead atoms. The summed E-state index contributed by atoms with van der Waals surface area (Å²) in [5.74, 6) is 1.34.